The van der Waals surface area contributed by atoms with Gasteiger partial charge in [0.15, 0.2) is 0 Å². The average molecular weight is 905 g/mol. The zero-order valence-electron chi connectivity index (χ0n) is 38.7. The zero-order valence-corrected chi connectivity index (χ0v) is 38.7. The number of hydrogen-bond donors (Lipinski definition) is 0. The molecular formula is C68H44N2O. The number of aromatic nitrogens is 1. The van der Waals surface area contributed by atoms with Crippen molar-refractivity contribution in [3.8, 4) is 50.2 Å². The fourth-order valence-corrected chi connectivity index (χ4v) is 11.0. The lowest BCUT2D eigenvalue weighted by Gasteiger charge is -2.29. The van der Waals surface area contributed by atoms with Crippen LogP contribution >= 0.6 is 0 Å². The van der Waals surface area contributed by atoms with Crippen molar-refractivity contribution in [3.63, 3.8) is 0 Å². The van der Waals surface area contributed by atoms with E-state index in [0.717, 1.165) is 83.5 Å². The van der Waals surface area contributed by atoms with Gasteiger partial charge in [0.25, 0.3) is 0 Å². The SMILES string of the molecule is c1ccc(-c2cc(-c3cccc4ccccc34)ccc2N(c2ccc(-c3cccc(-n4c5ccccc5c5ccccc54)c3)cc2)c2ccc(-c3cccc4c3oc3c5ccccc5ccc43)cc2)cc1. The molecule has 2 heterocycles. The smallest absolute Gasteiger partial charge is 0.143 e. The van der Waals surface area contributed by atoms with Gasteiger partial charge in [0.1, 0.15) is 11.2 Å². The predicted octanol–water partition coefficient (Wildman–Crippen LogP) is 19.1. The molecule has 14 rings (SSSR count). The van der Waals surface area contributed by atoms with E-state index in [0.29, 0.717) is 0 Å². The van der Waals surface area contributed by atoms with E-state index in [-0.39, 0.29) is 0 Å². The van der Waals surface area contributed by atoms with E-state index in [1.807, 2.05) is 0 Å². The molecule has 0 aliphatic heterocycles. The highest BCUT2D eigenvalue weighted by Crippen LogP contribution is 2.46. The molecule has 0 saturated carbocycles. The van der Waals surface area contributed by atoms with Gasteiger partial charge in [-0.15, -0.1) is 0 Å². The molecule has 12 aromatic carbocycles. The third-order valence-electron chi connectivity index (χ3n) is 14.4. The first kappa shape index (κ1) is 40.6. The minimum absolute atomic E-state index is 0.900. The van der Waals surface area contributed by atoms with E-state index in [4.69, 9.17) is 4.42 Å². The molecule has 3 heteroatoms. The van der Waals surface area contributed by atoms with Crippen molar-refractivity contribution in [2.45, 2.75) is 0 Å². The molecule has 0 unspecified atom stereocenters. The fraction of sp³-hybridized carbons (Fsp3) is 0. The second-order valence-corrected chi connectivity index (χ2v) is 18.4. The Hall–Kier alpha value is -9.44. The van der Waals surface area contributed by atoms with Crippen LogP contribution in [0.3, 0.4) is 0 Å². The first-order valence-corrected chi connectivity index (χ1v) is 24.3. The molecule has 0 atom stereocenters. The third kappa shape index (κ3) is 6.82. The number of anilines is 3. The van der Waals surface area contributed by atoms with Gasteiger partial charge in [0.2, 0.25) is 0 Å². The molecule has 14 aromatic rings. The Labute approximate surface area is 411 Å². The molecule has 71 heavy (non-hydrogen) atoms. The molecule has 0 fully saturated rings. The minimum Gasteiger partial charge on any atom is -0.455 e. The number of benzene rings is 12. The quantitative estimate of drug-likeness (QED) is 0.151. The Balaban J connectivity index is 0.910. The average Bonchev–Trinajstić information content (AvgIpc) is 4.00. The Morgan fingerprint density at radius 2 is 0.803 bits per heavy atom. The van der Waals surface area contributed by atoms with Gasteiger partial charge >= 0.3 is 0 Å². The standard InChI is InChI=1S/C68H44N2O/c1-2-15-47(16-3-1)63-44-51(56-26-13-19-46-17-4-6-22-55(46)56)36-42-66(63)69(53-39-33-49(34-40-53)58-27-14-28-61-62-41-35-48-18-5-7-23-57(48)68(62)71-67(58)61)52-37-31-45(32-38-52)50-20-12-21-54(43-50)70-64-29-10-8-24-59(64)60-25-9-11-30-65(60)70/h1-44H. The van der Waals surface area contributed by atoms with Gasteiger partial charge in [-0.2, -0.15) is 0 Å². The second kappa shape index (κ2) is 16.7. The van der Waals surface area contributed by atoms with Crippen LogP contribution in [0.2, 0.25) is 0 Å². The summed E-state index contributed by atoms with van der Waals surface area (Å²) in [5.41, 5.74) is 17.7. The number of furan rings is 1. The van der Waals surface area contributed by atoms with E-state index < -0.39 is 0 Å². The Bertz CT molecular complexity index is 4270. The molecule has 0 aliphatic rings. The van der Waals surface area contributed by atoms with Crippen molar-refractivity contribution in [1.29, 1.82) is 0 Å². The summed E-state index contributed by atoms with van der Waals surface area (Å²) in [6, 6.07) is 96.7. The summed E-state index contributed by atoms with van der Waals surface area (Å²) in [5.74, 6) is 0. The van der Waals surface area contributed by atoms with Crippen LogP contribution in [-0.4, -0.2) is 4.57 Å². The van der Waals surface area contributed by atoms with Crippen molar-refractivity contribution in [2.75, 3.05) is 4.90 Å². The van der Waals surface area contributed by atoms with Crippen molar-refractivity contribution >= 4 is 82.4 Å². The molecule has 0 bridgehead atoms. The van der Waals surface area contributed by atoms with E-state index >= 15 is 0 Å². The van der Waals surface area contributed by atoms with Crippen LogP contribution in [0.1, 0.15) is 0 Å². The van der Waals surface area contributed by atoms with Crippen molar-refractivity contribution < 1.29 is 4.42 Å². The maximum Gasteiger partial charge on any atom is 0.143 e. The molecule has 332 valence electrons. The molecule has 2 aromatic heterocycles. The molecule has 0 spiro atoms. The molecule has 0 amide bonds. The normalized spacial score (nSPS) is 11.7. The summed E-state index contributed by atoms with van der Waals surface area (Å²) >= 11 is 0. The van der Waals surface area contributed by atoms with Crippen LogP contribution < -0.4 is 4.90 Å². The lowest BCUT2D eigenvalue weighted by Crippen LogP contribution is -2.11. The van der Waals surface area contributed by atoms with Crippen molar-refractivity contribution in [3.05, 3.63) is 267 Å². The number of fused-ring (bicyclic) bond motifs is 9. The van der Waals surface area contributed by atoms with Crippen LogP contribution in [-0.2, 0) is 0 Å². The first-order valence-electron chi connectivity index (χ1n) is 24.3. The minimum atomic E-state index is 0.900. The van der Waals surface area contributed by atoms with E-state index in [1.165, 1.54) is 49.1 Å². The van der Waals surface area contributed by atoms with Gasteiger partial charge in [-0.3, -0.25) is 0 Å². The maximum absolute atomic E-state index is 6.81. The lowest BCUT2D eigenvalue weighted by molar-refractivity contribution is 0.674. The Kier molecular flexibility index (Phi) is 9.53. The summed E-state index contributed by atoms with van der Waals surface area (Å²) < 4.78 is 9.20. The van der Waals surface area contributed by atoms with Crippen molar-refractivity contribution in [1.82, 2.24) is 4.57 Å². The first-order chi connectivity index (χ1) is 35.2. The lowest BCUT2D eigenvalue weighted by atomic mass is 9.93. The largest absolute Gasteiger partial charge is 0.455 e. The number of para-hydroxylation sites is 3. The van der Waals surface area contributed by atoms with Crippen LogP contribution in [0.25, 0.3) is 115 Å². The second-order valence-electron chi connectivity index (χ2n) is 18.4. The van der Waals surface area contributed by atoms with E-state index in [9.17, 15) is 0 Å². The molecular weight excluding hydrogens is 861 g/mol. The molecule has 0 aliphatic carbocycles. The summed E-state index contributed by atoms with van der Waals surface area (Å²) in [4.78, 5) is 2.41. The van der Waals surface area contributed by atoms with Gasteiger partial charge in [-0.25, -0.2) is 0 Å². The summed E-state index contributed by atoms with van der Waals surface area (Å²) in [7, 11) is 0. The van der Waals surface area contributed by atoms with Crippen LogP contribution in [0.15, 0.2) is 271 Å². The van der Waals surface area contributed by atoms with Crippen LogP contribution in [0, 0.1) is 0 Å². The monoisotopic (exact) mass is 904 g/mol. The zero-order chi connectivity index (χ0) is 46.8. The number of rotatable bonds is 8. The maximum atomic E-state index is 6.81. The van der Waals surface area contributed by atoms with Crippen LogP contribution in [0.4, 0.5) is 17.1 Å². The van der Waals surface area contributed by atoms with E-state index in [1.54, 1.807) is 0 Å². The summed E-state index contributed by atoms with van der Waals surface area (Å²) in [6.07, 6.45) is 0. The number of nitrogens with zero attached hydrogens (tertiary/aromatic N) is 2. The molecule has 0 saturated heterocycles. The van der Waals surface area contributed by atoms with Crippen molar-refractivity contribution in [2.24, 2.45) is 0 Å². The highest BCUT2D eigenvalue weighted by Gasteiger charge is 2.21. The fourth-order valence-electron chi connectivity index (χ4n) is 11.0. The molecule has 0 radical (unpaired) electrons. The summed E-state index contributed by atoms with van der Waals surface area (Å²) in [5, 5.41) is 9.52. The highest BCUT2D eigenvalue weighted by atomic mass is 16.3. The predicted molar refractivity (Wildman–Crippen MR) is 299 cm³/mol. The number of hydrogen-bond acceptors (Lipinski definition) is 2. The molecule has 3 nitrogen and oxygen atoms in total. The topological polar surface area (TPSA) is 21.3 Å². The van der Waals surface area contributed by atoms with Gasteiger partial charge in [0, 0.05) is 55.1 Å². The van der Waals surface area contributed by atoms with Gasteiger partial charge in [0.05, 0.1) is 16.7 Å². The van der Waals surface area contributed by atoms with Crippen LogP contribution in [0.5, 0.6) is 0 Å². The third-order valence-corrected chi connectivity index (χ3v) is 14.4. The van der Waals surface area contributed by atoms with Gasteiger partial charge in [-0.1, -0.05) is 200 Å². The Morgan fingerprint density at radius 1 is 0.282 bits per heavy atom. The van der Waals surface area contributed by atoms with Gasteiger partial charge in [-0.05, 0) is 116 Å². The molecule has 0 N–H and O–H groups in total. The van der Waals surface area contributed by atoms with E-state index in [2.05, 4.69) is 276 Å². The Morgan fingerprint density at radius 3 is 1.55 bits per heavy atom. The summed E-state index contributed by atoms with van der Waals surface area (Å²) in [6.45, 7) is 0. The van der Waals surface area contributed by atoms with Gasteiger partial charge < -0.3 is 13.9 Å². The highest BCUT2D eigenvalue weighted by molar-refractivity contribution is 6.17.